The number of nitrogens with two attached hydrogens (primary N) is 1. The van der Waals surface area contributed by atoms with Crippen molar-refractivity contribution in [2.75, 3.05) is 5.73 Å². The zero-order valence-electron chi connectivity index (χ0n) is 5.44. The minimum absolute atomic E-state index is 0.217. The van der Waals surface area contributed by atoms with Crippen molar-refractivity contribution in [3.05, 3.63) is 27.7 Å². The molecular formula is C7H4Cl2N2. The molecule has 0 saturated heterocycles. The van der Waals surface area contributed by atoms with Crippen molar-refractivity contribution in [3.8, 4) is 6.07 Å². The third kappa shape index (κ3) is 1.40. The van der Waals surface area contributed by atoms with Crippen LogP contribution in [0.25, 0.3) is 0 Å². The van der Waals surface area contributed by atoms with E-state index in [1.165, 1.54) is 6.07 Å². The van der Waals surface area contributed by atoms with E-state index in [9.17, 15) is 0 Å². The summed E-state index contributed by atoms with van der Waals surface area (Å²) in [7, 11) is 0. The van der Waals surface area contributed by atoms with Crippen LogP contribution in [0.15, 0.2) is 12.1 Å². The van der Waals surface area contributed by atoms with Gasteiger partial charge in [0, 0.05) is 0 Å². The first-order valence-electron chi connectivity index (χ1n) is 2.80. The number of nitriles is 1. The number of nitrogen functional groups attached to an aromatic ring is 1. The molecule has 0 unspecified atom stereocenters. The van der Waals surface area contributed by atoms with Gasteiger partial charge in [-0.2, -0.15) is 5.26 Å². The average molecular weight is 187 g/mol. The van der Waals surface area contributed by atoms with Gasteiger partial charge in [0.25, 0.3) is 0 Å². The van der Waals surface area contributed by atoms with Gasteiger partial charge in [0.1, 0.15) is 6.07 Å². The van der Waals surface area contributed by atoms with E-state index in [2.05, 4.69) is 0 Å². The van der Waals surface area contributed by atoms with Crippen LogP contribution in [-0.4, -0.2) is 0 Å². The Morgan fingerprint density at radius 3 is 2.45 bits per heavy atom. The van der Waals surface area contributed by atoms with Crippen LogP contribution in [0, 0.1) is 11.3 Å². The lowest BCUT2D eigenvalue weighted by Gasteiger charge is -2.00. The fraction of sp³-hybridized carbons (Fsp3) is 0. The fourth-order valence-electron chi connectivity index (χ4n) is 0.651. The molecule has 0 bridgehead atoms. The van der Waals surface area contributed by atoms with Gasteiger partial charge in [0.15, 0.2) is 0 Å². The maximum absolute atomic E-state index is 8.50. The van der Waals surface area contributed by atoms with E-state index in [-0.39, 0.29) is 10.0 Å². The Hall–Kier alpha value is -0.910. The number of rotatable bonds is 0. The fourth-order valence-corrected chi connectivity index (χ4v) is 1.03. The van der Waals surface area contributed by atoms with Crippen LogP contribution in [0.4, 0.5) is 5.69 Å². The first kappa shape index (κ1) is 8.19. The van der Waals surface area contributed by atoms with E-state index in [4.69, 9.17) is 34.2 Å². The second-order valence-corrected chi connectivity index (χ2v) is 2.70. The standard InChI is InChI=1S/C7H4Cl2N2/c8-6-4(3-10)1-2-5(11)7(6)9/h1-2H,11H2. The van der Waals surface area contributed by atoms with Crippen molar-refractivity contribution < 1.29 is 0 Å². The number of nitrogens with zero attached hydrogens (tertiary/aromatic N) is 1. The van der Waals surface area contributed by atoms with E-state index in [1.54, 1.807) is 6.07 Å². The molecule has 11 heavy (non-hydrogen) atoms. The summed E-state index contributed by atoms with van der Waals surface area (Å²) in [5, 5.41) is 8.96. The monoisotopic (exact) mass is 186 g/mol. The molecule has 2 nitrogen and oxygen atoms in total. The number of anilines is 1. The van der Waals surface area contributed by atoms with Crippen molar-refractivity contribution in [2.45, 2.75) is 0 Å². The lowest BCUT2D eigenvalue weighted by Crippen LogP contribution is -1.88. The van der Waals surface area contributed by atoms with Gasteiger partial charge in [0.2, 0.25) is 0 Å². The van der Waals surface area contributed by atoms with Gasteiger partial charge in [-0.15, -0.1) is 0 Å². The Morgan fingerprint density at radius 2 is 1.91 bits per heavy atom. The maximum atomic E-state index is 8.50. The molecule has 0 aliphatic heterocycles. The largest absolute Gasteiger partial charge is 0.397 e. The number of halogens is 2. The van der Waals surface area contributed by atoms with Gasteiger partial charge in [0.05, 0.1) is 21.3 Å². The highest BCUT2D eigenvalue weighted by atomic mass is 35.5. The normalized spacial score (nSPS) is 9.18. The van der Waals surface area contributed by atoms with Crippen LogP contribution >= 0.6 is 23.2 Å². The minimum Gasteiger partial charge on any atom is -0.397 e. The summed E-state index contributed by atoms with van der Waals surface area (Å²) in [6.07, 6.45) is 0. The summed E-state index contributed by atoms with van der Waals surface area (Å²) < 4.78 is 0. The molecule has 0 heterocycles. The molecule has 4 heteroatoms. The highest BCUT2D eigenvalue weighted by molar-refractivity contribution is 6.44. The second kappa shape index (κ2) is 3.00. The number of benzene rings is 1. The van der Waals surface area contributed by atoms with Crippen molar-refractivity contribution in [1.29, 1.82) is 5.26 Å². The molecule has 56 valence electrons. The van der Waals surface area contributed by atoms with Gasteiger partial charge >= 0.3 is 0 Å². The predicted octanol–water partition coefficient (Wildman–Crippen LogP) is 2.45. The van der Waals surface area contributed by atoms with E-state index in [1.807, 2.05) is 6.07 Å². The van der Waals surface area contributed by atoms with Crippen LogP contribution < -0.4 is 5.73 Å². The van der Waals surface area contributed by atoms with Gasteiger partial charge < -0.3 is 5.73 Å². The molecule has 1 aromatic rings. The third-order valence-corrected chi connectivity index (χ3v) is 2.13. The maximum Gasteiger partial charge on any atom is 0.101 e. The van der Waals surface area contributed by atoms with E-state index in [0.717, 1.165) is 0 Å². The molecule has 1 rings (SSSR count). The number of hydrogen-bond acceptors (Lipinski definition) is 2. The van der Waals surface area contributed by atoms with Crippen LogP contribution in [0.5, 0.6) is 0 Å². The van der Waals surface area contributed by atoms with Crippen molar-refractivity contribution >= 4 is 28.9 Å². The molecule has 0 atom stereocenters. The summed E-state index contributed by atoms with van der Waals surface area (Å²) in [5.74, 6) is 0. The summed E-state index contributed by atoms with van der Waals surface area (Å²) in [6.45, 7) is 0. The molecule has 0 spiro atoms. The zero-order chi connectivity index (χ0) is 8.43. The van der Waals surface area contributed by atoms with E-state index >= 15 is 0 Å². The molecule has 1 aromatic carbocycles. The Balaban J connectivity index is 3.40. The lowest BCUT2D eigenvalue weighted by atomic mass is 10.2. The van der Waals surface area contributed by atoms with E-state index in [0.29, 0.717) is 11.3 Å². The topological polar surface area (TPSA) is 49.8 Å². The van der Waals surface area contributed by atoms with Gasteiger partial charge in [-0.05, 0) is 12.1 Å². The minimum atomic E-state index is 0.217. The molecule has 0 amide bonds. The first-order chi connectivity index (χ1) is 5.16. The highest BCUT2D eigenvalue weighted by Crippen LogP contribution is 2.30. The smallest absolute Gasteiger partial charge is 0.101 e. The molecule has 0 aromatic heterocycles. The van der Waals surface area contributed by atoms with Crippen LogP contribution in [-0.2, 0) is 0 Å². The molecule has 0 saturated carbocycles. The van der Waals surface area contributed by atoms with Crippen molar-refractivity contribution in [3.63, 3.8) is 0 Å². The Labute approximate surface area is 74.1 Å². The molecule has 0 aliphatic rings. The lowest BCUT2D eigenvalue weighted by molar-refractivity contribution is 1.48. The summed E-state index contributed by atoms with van der Waals surface area (Å²) in [6, 6.07) is 4.97. The average Bonchev–Trinajstić information content (AvgIpc) is 2.01. The third-order valence-electron chi connectivity index (χ3n) is 1.23. The quantitative estimate of drug-likeness (QED) is 0.634. The van der Waals surface area contributed by atoms with Gasteiger partial charge in [-0.1, -0.05) is 23.2 Å². The summed E-state index contributed by atoms with van der Waals surface area (Å²) in [4.78, 5) is 0. The zero-order valence-corrected chi connectivity index (χ0v) is 6.95. The molecule has 0 aliphatic carbocycles. The van der Waals surface area contributed by atoms with Crippen LogP contribution in [0.3, 0.4) is 0 Å². The molecule has 0 fully saturated rings. The van der Waals surface area contributed by atoms with Gasteiger partial charge in [-0.25, -0.2) is 0 Å². The summed E-state index contributed by atoms with van der Waals surface area (Å²) in [5.41, 5.74) is 6.14. The van der Waals surface area contributed by atoms with Crippen LogP contribution in [0.2, 0.25) is 10.0 Å². The number of hydrogen-bond donors (Lipinski definition) is 1. The van der Waals surface area contributed by atoms with Crippen LogP contribution in [0.1, 0.15) is 5.56 Å². The Kier molecular flexibility index (Phi) is 2.23. The summed E-state index contributed by atoms with van der Waals surface area (Å²) >= 11 is 11.3. The highest BCUT2D eigenvalue weighted by Gasteiger charge is 2.06. The first-order valence-corrected chi connectivity index (χ1v) is 3.56. The van der Waals surface area contributed by atoms with Gasteiger partial charge in [-0.3, -0.25) is 0 Å². The molecule has 0 radical (unpaired) electrons. The van der Waals surface area contributed by atoms with Crippen molar-refractivity contribution in [2.24, 2.45) is 0 Å². The Morgan fingerprint density at radius 1 is 1.27 bits per heavy atom. The van der Waals surface area contributed by atoms with Crippen molar-refractivity contribution in [1.82, 2.24) is 0 Å². The molecular weight excluding hydrogens is 183 g/mol. The predicted molar refractivity (Wildman–Crippen MR) is 45.6 cm³/mol. The second-order valence-electron chi connectivity index (χ2n) is 1.94. The SMILES string of the molecule is N#Cc1ccc(N)c(Cl)c1Cl. The van der Waals surface area contributed by atoms with E-state index < -0.39 is 0 Å². The molecule has 2 N–H and O–H groups in total. The Bertz CT molecular complexity index is 328.